The molecule has 0 saturated carbocycles. The zero-order chi connectivity index (χ0) is 21.8. The highest BCUT2D eigenvalue weighted by Crippen LogP contribution is 2.34. The highest BCUT2D eigenvalue weighted by Gasteiger charge is 2.29. The standard InChI is InChI=1S/C24H26N6O2/c31-23(19-5-9-26-10-6-19)30-11-1-2-20(17-30)22-21(18-3-7-25-8-4-18)16-27-24(28-22)29-12-14-32-15-13-29/h3-10,16,20H,1-2,11-15,17H2. The molecule has 0 N–H and O–H groups in total. The number of hydrogen-bond acceptors (Lipinski definition) is 7. The molecule has 0 aromatic carbocycles. The minimum Gasteiger partial charge on any atom is -0.378 e. The minimum atomic E-state index is 0.0463. The van der Waals surface area contributed by atoms with Crippen LogP contribution >= 0.6 is 0 Å². The van der Waals surface area contributed by atoms with Crippen LogP contribution in [-0.2, 0) is 4.74 Å². The second kappa shape index (κ2) is 9.40. The third kappa shape index (κ3) is 4.31. The summed E-state index contributed by atoms with van der Waals surface area (Å²) in [6, 6.07) is 7.52. The molecule has 3 aromatic heterocycles. The maximum atomic E-state index is 13.1. The van der Waals surface area contributed by atoms with Crippen LogP contribution in [0.15, 0.2) is 55.2 Å². The van der Waals surface area contributed by atoms with E-state index in [1.807, 2.05) is 23.2 Å². The highest BCUT2D eigenvalue weighted by atomic mass is 16.5. The van der Waals surface area contributed by atoms with Gasteiger partial charge in [0.25, 0.3) is 5.91 Å². The molecule has 0 spiro atoms. The molecular formula is C24H26N6O2. The number of nitrogens with zero attached hydrogens (tertiary/aromatic N) is 6. The molecule has 0 bridgehead atoms. The number of aromatic nitrogens is 4. The van der Waals surface area contributed by atoms with Gasteiger partial charge in [0.15, 0.2) is 0 Å². The van der Waals surface area contributed by atoms with Gasteiger partial charge in [-0.15, -0.1) is 0 Å². The molecule has 2 saturated heterocycles. The SMILES string of the molecule is O=C(c1ccncc1)N1CCCC(c2nc(N3CCOCC3)ncc2-c2ccncc2)C1. The van der Waals surface area contributed by atoms with Crippen molar-refractivity contribution in [3.05, 3.63) is 66.5 Å². The first-order valence-corrected chi connectivity index (χ1v) is 11.1. The highest BCUT2D eigenvalue weighted by molar-refractivity contribution is 5.94. The molecule has 5 heterocycles. The number of carbonyl (C=O) groups excluding carboxylic acids is 1. The van der Waals surface area contributed by atoms with Crippen LogP contribution < -0.4 is 4.90 Å². The number of piperidine rings is 1. The van der Waals surface area contributed by atoms with E-state index >= 15 is 0 Å². The first kappa shape index (κ1) is 20.5. The average molecular weight is 431 g/mol. The molecule has 1 unspecified atom stereocenters. The van der Waals surface area contributed by atoms with Crippen LogP contribution in [0.4, 0.5) is 5.95 Å². The monoisotopic (exact) mass is 430 g/mol. The lowest BCUT2D eigenvalue weighted by atomic mass is 9.90. The summed E-state index contributed by atoms with van der Waals surface area (Å²) in [5.74, 6) is 0.921. The third-order valence-corrected chi connectivity index (χ3v) is 6.11. The maximum absolute atomic E-state index is 13.1. The molecule has 32 heavy (non-hydrogen) atoms. The van der Waals surface area contributed by atoms with Gasteiger partial charge in [0.2, 0.25) is 5.95 Å². The molecular weight excluding hydrogens is 404 g/mol. The van der Waals surface area contributed by atoms with Crippen LogP contribution in [0.2, 0.25) is 0 Å². The molecule has 8 heteroatoms. The van der Waals surface area contributed by atoms with Gasteiger partial charge >= 0.3 is 0 Å². The van der Waals surface area contributed by atoms with Gasteiger partial charge in [-0.05, 0) is 42.7 Å². The first-order valence-electron chi connectivity index (χ1n) is 11.1. The Kier molecular flexibility index (Phi) is 6.02. The normalized spacial score (nSPS) is 19.1. The summed E-state index contributed by atoms with van der Waals surface area (Å²) >= 11 is 0. The molecule has 0 radical (unpaired) electrons. The number of amides is 1. The van der Waals surface area contributed by atoms with Gasteiger partial charge in [-0.3, -0.25) is 14.8 Å². The lowest BCUT2D eigenvalue weighted by molar-refractivity contribution is 0.0706. The quantitative estimate of drug-likeness (QED) is 0.629. The minimum absolute atomic E-state index is 0.0463. The Morgan fingerprint density at radius 3 is 2.44 bits per heavy atom. The van der Waals surface area contributed by atoms with E-state index in [9.17, 15) is 4.79 Å². The van der Waals surface area contributed by atoms with Crippen LogP contribution in [-0.4, -0.2) is 70.1 Å². The number of pyridine rings is 2. The van der Waals surface area contributed by atoms with Gasteiger partial charge in [0.1, 0.15) is 0 Å². The summed E-state index contributed by atoms with van der Waals surface area (Å²) < 4.78 is 5.49. The molecule has 8 nitrogen and oxygen atoms in total. The van der Waals surface area contributed by atoms with Gasteiger partial charge in [0.05, 0.1) is 18.9 Å². The Labute approximate surface area is 187 Å². The predicted molar refractivity (Wildman–Crippen MR) is 120 cm³/mol. The summed E-state index contributed by atoms with van der Waals surface area (Å²) in [5, 5.41) is 0. The smallest absolute Gasteiger partial charge is 0.253 e. The summed E-state index contributed by atoms with van der Waals surface area (Å²) in [6.07, 6.45) is 10.7. The molecule has 2 aliphatic heterocycles. The van der Waals surface area contributed by atoms with Gasteiger partial charge in [-0.1, -0.05) is 0 Å². The Balaban J connectivity index is 1.47. The molecule has 5 rings (SSSR count). The maximum Gasteiger partial charge on any atom is 0.253 e. The fourth-order valence-corrected chi connectivity index (χ4v) is 4.43. The molecule has 3 aromatic rings. The number of hydrogen-bond donors (Lipinski definition) is 0. The van der Waals surface area contributed by atoms with E-state index in [2.05, 4.69) is 19.9 Å². The Bertz CT molecular complexity index is 1060. The van der Waals surface area contributed by atoms with Crippen molar-refractivity contribution in [3.8, 4) is 11.1 Å². The summed E-state index contributed by atoms with van der Waals surface area (Å²) in [4.78, 5) is 35.1. The molecule has 1 amide bonds. The Hall–Kier alpha value is -3.39. The van der Waals surface area contributed by atoms with Crippen molar-refractivity contribution in [2.45, 2.75) is 18.8 Å². The second-order valence-corrected chi connectivity index (χ2v) is 8.13. The zero-order valence-electron chi connectivity index (χ0n) is 17.9. The van der Waals surface area contributed by atoms with Crippen molar-refractivity contribution in [2.24, 2.45) is 0 Å². The number of likely N-dealkylation sites (tertiary alicyclic amines) is 1. The van der Waals surface area contributed by atoms with E-state index in [1.165, 1.54) is 0 Å². The van der Waals surface area contributed by atoms with E-state index in [4.69, 9.17) is 9.72 Å². The van der Waals surface area contributed by atoms with Crippen LogP contribution in [0.25, 0.3) is 11.1 Å². The number of carbonyl (C=O) groups is 1. The molecule has 1 atom stereocenters. The van der Waals surface area contributed by atoms with Crippen molar-refractivity contribution < 1.29 is 9.53 Å². The largest absolute Gasteiger partial charge is 0.378 e. The number of morpholine rings is 1. The predicted octanol–water partition coefficient (Wildman–Crippen LogP) is 2.79. The summed E-state index contributed by atoms with van der Waals surface area (Å²) in [6.45, 7) is 4.32. The van der Waals surface area contributed by atoms with Crippen LogP contribution in [0, 0.1) is 0 Å². The first-order chi connectivity index (χ1) is 15.8. The average Bonchev–Trinajstić information content (AvgIpc) is 2.89. The van der Waals surface area contributed by atoms with Crippen molar-refractivity contribution >= 4 is 11.9 Å². The van der Waals surface area contributed by atoms with E-state index in [0.717, 1.165) is 55.2 Å². The van der Waals surface area contributed by atoms with Gasteiger partial charge in [-0.2, -0.15) is 0 Å². The fourth-order valence-electron chi connectivity index (χ4n) is 4.43. The van der Waals surface area contributed by atoms with E-state index in [-0.39, 0.29) is 11.8 Å². The lowest BCUT2D eigenvalue weighted by Gasteiger charge is -2.34. The van der Waals surface area contributed by atoms with Crippen molar-refractivity contribution in [2.75, 3.05) is 44.3 Å². The summed E-state index contributed by atoms with van der Waals surface area (Å²) in [5.41, 5.74) is 3.72. The topological polar surface area (TPSA) is 84.3 Å². The van der Waals surface area contributed by atoms with Crippen LogP contribution in [0.3, 0.4) is 0 Å². The summed E-state index contributed by atoms with van der Waals surface area (Å²) in [7, 11) is 0. The third-order valence-electron chi connectivity index (χ3n) is 6.11. The zero-order valence-corrected chi connectivity index (χ0v) is 17.9. The molecule has 2 aliphatic rings. The number of ether oxygens (including phenoxy) is 1. The van der Waals surface area contributed by atoms with Crippen molar-refractivity contribution in [1.29, 1.82) is 0 Å². The Morgan fingerprint density at radius 2 is 1.69 bits per heavy atom. The molecule has 2 fully saturated rings. The van der Waals surface area contributed by atoms with Crippen LogP contribution in [0.1, 0.15) is 34.8 Å². The van der Waals surface area contributed by atoms with Crippen molar-refractivity contribution in [1.82, 2.24) is 24.8 Å². The lowest BCUT2D eigenvalue weighted by Crippen LogP contribution is -2.40. The fraction of sp³-hybridized carbons (Fsp3) is 0.375. The number of anilines is 1. The van der Waals surface area contributed by atoms with Gasteiger partial charge in [0, 0.05) is 74.2 Å². The van der Waals surface area contributed by atoms with Crippen LogP contribution in [0.5, 0.6) is 0 Å². The molecule has 164 valence electrons. The molecule has 0 aliphatic carbocycles. The van der Waals surface area contributed by atoms with E-state index < -0.39 is 0 Å². The number of rotatable bonds is 4. The Morgan fingerprint density at radius 1 is 0.969 bits per heavy atom. The van der Waals surface area contributed by atoms with Crippen molar-refractivity contribution in [3.63, 3.8) is 0 Å². The van der Waals surface area contributed by atoms with E-state index in [0.29, 0.717) is 25.3 Å². The van der Waals surface area contributed by atoms with Gasteiger partial charge < -0.3 is 14.5 Å². The second-order valence-electron chi connectivity index (χ2n) is 8.13. The van der Waals surface area contributed by atoms with E-state index in [1.54, 1.807) is 36.9 Å². The van der Waals surface area contributed by atoms with Gasteiger partial charge in [-0.25, -0.2) is 9.97 Å².